The van der Waals surface area contributed by atoms with Crippen LogP contribution in [0.15, 0.2) is 48.6 Å². The highest BCUT2D eigenvalue weighted by Crippen LogP contribution is 2.29. The van der Waals surface area contributed by atoms with E-state index in [0.717, 1.165) is 12.5 Å². The molecule has 1 N–H and O–H groups in total. The van der Waals surface area contributed by atoms with Gasteiger partial charge in [-0.2, -0.15) is 0 Å². The molecule has 3 heteroatoms. The summed E-state index contributed by atoms with van der Waals surface area (Å²) >= 11 is 0. The quantitative estimate of drug-likeness (QED) is 0.172. The number of carbonyl (C=O) groups is 1. The van der Waals surface area contributed by atoms with Gasteiger partial charge in [0.1, 0.15) is 0 Å². The van der Waals surface area contributed by atoms with E-state index in [1.807, 2.05) is 18.2 Å². The molecule has 0 amide bonds. The van der Waals surface area contributed by atoms with Gasteiger partial charge in [0.2, 0.25) is 0 Å². The average Bonchev–Trinajstić information content (AvgIpc) is 3.36. The van der Waals surface area contributed by atoms with Crippen LogP contribution in [0.5, 0.6) is 0 Å². The number of hydrogen-bond donors (Lipinski definition) is 1. The number of unbranched alkanes of at least 4 members (excludes halogenated alkanes) is 7. The molecule has 0 spiro atoms. The molecule has 3 nitrogen and oxygen atoms in total. The second-order valence-electron chi connectivity index (χ2n) is 6.57. The number of aliphatic carboxylic acids is 1. The molecule has 1 rings (SSSR count). The number of epoxide rings is 1. The third-order valence-electron chi connectivity index (χ3n) is 4.38. The Morgan fingerprint density at radius 3 is 2.08 bits per heavy atom. The van der Waals surface area contributed by atoms with Crippen molar-refractivity contribution in [3.05, 3.63) is 48.6 Å². The Kier molecular flexibility index (Phi) is 12.6. The fourth-order valence-corrected chi connectivity index (χ4v) is 2.85. The molecule has 25 heavy (non-hydrogen) atoms. The predicted octanol–water partition coefficient (Wildman–Crippen LogP) is 5.98. The van der Waals surface area contributed by atoms with Crippen LogP contribution in [0, 0.1) is 0 Å². The van der Waals surface area contributed by atoms with E-state index >= 15 is 0 Å². The van der Waals surface area contributed by atoms with E-state index in [9.17, 15) is 4.79 Å². The van der Waals surface area contributed by atoms with Gasteiger partial charge < -0.3 is 9.84 Å². The van der Waals surface area contributed by atoms with Crippen molar-refractivity contribution in [2.45, 2.75) is 83.3 Å². The normalized spacial score (nSPS) is 20.5. The largest absolute Gasteiger partial charge is 0.478 e. The molecule has 0 aromatic heterocycles. The first-order valence-electron chi connectivity index (χ1n) is 9.79. The molecule has 0 radical (unpaired) electrons. The summed E-state index contributed by atoms with van der Waals surface area (Å²) in [6.07, 6.45) is 28.3. The Morgan fingerprint density at radius 2 is 1.44 bits per heavy atom. The van der Waals surface area contributed by atoms with Crippen LogP contribution in [0.1, 0.15) is 71.1 Å². The summed E-state index contributed by atoms with van der Waals surface area (Å²) in [4.78, 5) is 10.2. The topological polar surface area (TPSA) is 49.8 Å². The first-order chi connectivity index (χ1) is 12.2. The summed E-state index contributed by atoms with van der Waals surface area (Å²) in [5.41, 5.74) is 0. The van der Waals surface area contributed by atoms with E-state index in [-0.39, 0.29) is 0 Å². The van der Waals surface area contributed by atoms with E-state index < -0.39 is 5.97 Å². The van der Waals surface area contributed by atoms with E-state index in [0.29, 0.717) is 12.2 Å². The summed E-state index contributed by atoms with van der Waals surface area (Å²) in [6, 6.07) is 0. The van der Waals surface area contributed by atoms with Gasteiger partial charge >= 0.3 is 5.97 Å². The maximum atomic E-state index is 10.2. The zero-order valence-corrected chi connectivity index (χ0v) is 15.6. The number of ether oxygens (including phenoxy) is 1. The Bertz CT molecular complexity index is 460. The average molecular weight is 347 g/mol. The fraction of sp³-hybridized carbons (Fsp3) is 0.591. The third-order valence-corrected chi connectivity index (χ3v) is 4.38. The van der Waals surface area contributed by atoms with Crippen molar-refractivity contribution in [1.82, 2.24) is 0 Å². The minimum atomic E-state index is -0.925. The number of hydrogen-bond acceptors (Lipinski definition) is 2. The summed E-state index contributed by atoms with van der Waals surface area (Å²) < 4.78 is 5.56. The number of allylic oxidation sites excluding steroid dienone is 7. The summed E-state index contributed by atoms with van der Waals surface area (Å²) in [5, 5.41) is 8.41. The lowest BCUT2D eigenvalue weighted by atomic mass is 10.1. The molecule has 1 aliphatic heterocycles. The van der Waals surface area contributed by atoms with E-state index in [2.05, 4.69) is 19.1 Å². The smallest absolute Gasteiger partial charge is 0.328 e. The van der Waals surface area contributed by atoms with Crippen LogP contribution in [-0.4, -0.2) is 23.3 Å². The first-order valence-corrected chi connectivity index (χ1v) is 9.79. The number of carboxylic acid groups (broad SMARTS) is 1. The van der Waals surface area contributed by atoms with Gasteiger partial charge in [-0.25, -0.2) is 4.79 Å². The SMILES string of the molecule is CCC1OC1CCCCCCCCCC=CC=CC=CC=CC(=O)O. The molecule has 0 aliphatic carbocycles. The van der Waals surface area contributed by atoms with Gasteiger partial charge in [0.15, 0.2) is 0 Å². The van der Waals surface area contributed by atoms with Gasteiger partial charge in [0.05, 0.1) is 12.2 Å². The van der Waals surface area contributed by atoms with Gasteiger partial charge in [-0.15, -0.1) is 0 Å². The van der Waals surface area contributed by atoms with Crippen molar-refractivity contribution < 1.29 is 14.6 Å². The zero-order chi connectivity index (χ0) is 18.2. The van der Waals surface area contributed by atoms with Gasteiger partial charge in [0, 0.05) is 6.08 Å². The predicted molar refractivity (Wildman–Crippen MR) is 105 cm³/mol. The monoisotopic (exact) mass is 346 g/mol. The maximum absolute atomic E-state index is 10.2. The fourth-order valence-electron chi connectivity index (χ4n) is 2.85. The van der Waals surface area contributed by atoms with Crippen molar-refractivity contribution in [3.8, 4) is 0 Å². The van der Waals surface area contributed by atoms with Gasteiger partial charge in [0.25, 0.3) is 0 Å². The Morgan fingerprint density at radius 1 is 0.840 bits per heavy atom. The minimum Gasteiger partial charge on any atom is -0.478 e. The third kappa shape index (κ3) is 13.4. The summed E-state index contributed by atoms with van der Waals surface area (Å²) in [6.45, 7) is 2.20. The van der Waals surface area contributed by atoms with Crippen LogP contribution in [0.25, 0.3) is 0 Å². The molecule has 0 aromatic carbocycles. The molecule has 140 valence electrons. The second kappa shape index (κ2) is 14.7. The molecule has 0 bridgehead atoms. The van der Waals surface area contributed by atoms with Gasteiger partial charge in [-0.05, 0) is 25.7 Å². The lowest BCUT2D eigenvalue weighted by Crippen LogP contribution is -1.92. The van der Waals surface area contributed by atoms with Crippen molar-refractivity contribution in [1.29, 1.82) is 0 Å². The van der Waals surface area contributed by atoms with Crippen molar-refractivity contribution in [2.75, 3.05) is 0 Å². The highest BCUT2D eigenvalue weighted by molar-refractivity contribution is 5.80. The number of rotatable bonds is 15. The first kappa shape index (κ1) is 21.4. The molecular formula is C22H34O3. The Hall–Kier alpha value is -1.61. The summed E-state index contributed by atoms with van der Waals surface area (Å²) in [7, 11) is 0. The Balaban J connectivity index is 1.81. The summed E-state index contributed by atoms with van der Waals surface area (Å²) in [5.74, 6) is -0.925. The molecular weight excluding hydrogens is 312 g/mol. The molecule has 2 atom stereocenters. The maximum Gasteiger partial charge on any atom is 0.328 e. The molecule has 0 saturated carbocycles. The van der Waals surface area contributed by atoms with Crippen LogP contribution < -0.4 is 0 Å². The molecule has 1 aliphatic rings. The van der Waals surface area contributed by atoms with Crippen molar-refractivity contribution >= 4 is 5.97 Å². The van der Waals surface area contributed by atoms with Crippen LogP contribution in [0.4, 0.5) is 0 Å². The van der Waals surface area contributed by atoms with Crippen LogP contribution in [0.2, 0.25) is 0 Å². The van der Waals surface area contributed by atoms with E-state index in [4.69, 9.17) is 9.84 Å². The molecule has 1 heterocycles. The molecule has 1 saturated heterocycles. The lowest BCUT2D eigenvalue weighted by molar-refractivity contribution is -0.131. The number of carboxylic acids is 1. The van der Waals surface area contributed by atoms with Crippen LogP contribution in [0.3, 0.4) is 0 Å². The second-order valence-corrected chi connectivity index (χ2v) is 6.57. The Labute approximate surface area is 153 Å². The van der Waals surface area contributed by atoms with Gasteiger partial charge in [-0.1, -0.05) is 88.0 Å². The van der Waals surface area contributed by atoms with Crippen LogP contribution in [-0.2, 0) is 9.53 Å². The molecule has 2 unspecified atom stereocenters. The minimum absolute atomic E-state index is 0.577. The van der Waals surface area contributed by atoms with Gasteiger partial charge in [-0.3, -0.25) is 0 Å². The molecule has 0 aromatic rings. The van der Waals surface area contributed by atoms with E-state index in [1.54, 1.807) is 6.08 Å². The van der Waals surface area contributed by atoms with Crippen LogP contribution >= 0.6 is 0 Å². The zero-order valence-electron chi connectivity index (χ0n) is 15.6. The highest BCUT2D eigenvalue weighted by Gasteiger charge is 2.35. The van der Waals surface area contributed by atoms with E-state index in [1.165, 1.54) is 63.9 Å². The van der Waals surface area contributed by atoms with Crippen molar-refractivity contribution in [3.63, 3.8) is 0 Å². The lowest BCUT2D eigenvalue weighted by Gasteiger charge is -2.00. The highest BCUT2D eigenvalue weighted by atomic mass is 16.6. The molecule has 1 fully saturated rings. The standard InChI is InChI=1S/C22H34O3/c1-2-20-21(25-20)18-16-14-12-10-8-6-4-3-5-7-9-11-13-15-17-19-22(23)24/h5,7,9,11,13,15,17,19-21H,2-4,6,8,10,12,14,16,18H2,1H3,(H,23,24). The van der Waals surface area contributed by atoms with Crippen molar-refractivity contribution in [2.24, 2.45) is 0 Å².